The zero-order chi connectivity index (χ0) is 23.3. The molecule has 2 atom stereocenters. The summed E-state index contributed by atoms with van der Waals surface area (Å²) < 4.78 is 17.2. The van der Waals surface area contributed by atoms with E-state index in [1.807, 2.05) is 12.1 Å². The van der Waals surface area contributed by atoms with Gasteiger partial charge in [-0.15, -0.1) is 11.6 Å². The van der Waals surface area contributed by atoms with Crippen molar-refractivity contribution >= 4 is 23.6 Å². The molecule has 2 N–H and O–H groups in total. The van der Waals surface area contributed by atoms with Crippen molar-refractivity contribution in [3.63, 3.8) is 0 Å². The normalized spacial score (nSPS) is 30.2. The average Bonchev–Trinajstić information content (AvgIpc) is 2.82. The predicted octanol–water partition coefficient (Wildman–Crippen LogP) is 3.16. The Balaban J connectivity index is 1.40. The van der Waals surface area contributed by atoms with Crippen molar-refractivity contribution in [2.45, 2.75) is 62.1 Å². The highest BCUT2D eigenvalue weighted by Crippen LogP contribution is 2.36. The summed E-state index contributed by atoms with van der Waals surface area (Å²) in [4.78, 5) is 26.6. The van der Waals surface area contributed by atoms with Gasteiger partial charge >= 0.3 is 6.09 Å². The molecule has 9 heteroatoms. The summed E-state index contributed by atoms with van der Waals surface area (Å²) >= 11 is 5.70. The van der Waals surface area contributed by atoms with Crippen molar-refractivity contribution in [1.82, 2.24) is 10.2 Å². The van der Waals surface area contributed by atoms with Crippen LogP contribution in [0.5, 0.6) is 5.75 Å². The van der Waals surface area contributed by atoms with E-state index in [-0.39, 0.29) is 37.1 Å². The maximum atomic E-state index is 12.8. The number of morpholine rings is 1. The number of phenols is 1. The number of nitrogens with one attached hydrogen (secondary N) is 1. The molecule has 8 nitrogen and oxygen atoms in total. The quantitative estimate of drug-likeness (QED) is 0.607. The number of benzene rings is 1. The van der Waals surface area contributed by atoms with E-state index in [0.29, 0.717) is 31.4 Å². The van der Waals surface area contributed by atoms with Crippen LogP contribution in [-0.2, 0) is 19.0 Å². The number of hydrogen-bond acceptors (Lipinski definition) is 6. The van der Waals surface area contributed by atoms with Crippen LogP contribution in [-0.4, -0.2) is 78.5 Å². The predicted molar refractivity (Wildman–Crippen MR) is 123 cm³/mol. The first-order chi connectivity index (χ1) is 16.0. The molecule has 1 aromatic rings. The third-order valence-electron chi connectivity index (χ3n) is 7.06. The fraction of sp³-hybridized carbons (Fsp3) is 0.667. The number of amides is 2. The lowest BCUT2D eigenvalue weighted by atomic mass is 9.80. The zero-order valence-electron chi connectivity index (χ0n) is 18.8. The highest BCUT2D eigenvalue weighted by Gasteiger charge is 2.50. The van der Waals surface area contributed by atoms with Crippen LogP contribution in [0.15, 0.2) is 24.3 Å². The second kappa shape index (κ2) is 10.9. The molecule has 0 bridgehead atoms. The molecule has 1 saturated carbocycles. The van der Waals surface area contributed by atoms with Gasteiger partial charge < -0.3 is 29.5 Å². The summed E-state index contributed by atoms with van der Waals surface area (Å²) in [6, 6.07) is 7.10. The van der Waals surface area contributed by atoms with E-state index >= 15 is 0 Å². The minimum absolute atomic E-state index is 0.0328. The number of carbonyl (C=O) groups is 2. The second-order valence-electron chi connectivity index (χ2n) is 9.22. The molecule has 1 aliphatic carbocycles. The molecule has 1 spiro atoms. The Morgan fingerprint density at radius 3 is 2.85 bits per heavy atom. The summed E-state index contributed by atoms with van der Waals surface area (Å²) in [5.41, 5.74) is 0.488. The molecular weight excluding hydrogens is 448 g/mol. The molecule has 1 aromatic carbocycles. The first-order valence-electron chi connectivity index (χ1n) is 11.8. The standard InChI is InChI=1S/C24H33ClN2O6/c25-10-12-32-23(30)27-11-2-9-24(16-31-15-22(29)26-24)21(27)14-33-20-7-5-17(6-8-20)18-3-1-4-19(28)13-18/h1,3-4,13,17,20-21,28H,2,5-12,14-16H2,(H,26,29)/t17?,20?,21-,24+/m0/s1. The third-order valence-corrected chi connectivity index (χ3v) is 7.21. The first kappa shape index (κ1) is 24.1. The number of halogens is 1. The van der Waals surface area contributed by atoms with Gasteiger partial charge in [-0.2, -0.15) is 0 Å². The first-order valence-corrected chi connectivity index (χ1v) is 12.3. The molecule has 3 aliphatic rings. The maximum absolute atomic E-state index is 12.8. The molecule has 33 heavy (non-hydrogen) atoms. The van der Waals surface area contributed by atoms with Crippen molar-refractivity contribution in [2.75, 3.05) is 38.9 Å². The number of aromatic hydroxyl groups is 1. The van der Waals surface area contributed by atoms with Gasteiger partial charge in [0.05, 0.1) is 36.8 Å². The summed E-state index contributed by atoms with van der Waals surface area (Å²) in [5.74, 6) is 0.764. The number of likely N-dealkylation sites (tertiary alicyclic amines) is 1. The Kier molecular flexibility index (Phi) is 7.98. The van der Waals surface area contributed by atoms with Gasteiger partial charge in [-0.05, 0) is 62.1 Å². The number of alkyl halides is 1. The summed E-state index contributed by atoms with van der Waals surface area (Å²) in [6.45, 7) is 1.36. The van der Waals surface area contributed by atoms with Crippen LogP contribution in [0.1, 0.15) is 50.0 Å². The van der Waals surface area contributed by atoms with Crippen LogP contribution in [0, 0.1) is 0 Å². The minimum Gasteiger partial charge on any atom is -0.508 e. The average molecular weight is 481 g/mol. The molecule has 3 fully saturated rings. The fourth-order valence-electron chi connectivity index (χ4n) is 5.42. The zero-order valence-corrected chi connectivity index (χ0v) is 19.6. The van der Waals surface area contributed by atoms with Crippen molar-refractivity contribution < 1.29 is 28.9 Å². The third kappa shape index (κ3) is 5.73. The van der Waals surface area contributed by atoms with Crippen LogP contribution in [0.3, 0.4) is 0 Å². The van der Waals surface area contributed by atoms with Crippen LogP contribution >= 0.6 is 11.6 Å². The second-order valence-corrected chi connectivity index (χ2v) is 9.59. The molecule has 2 aliphatic heterocycles. The Morgan fingerprint density at radius 1 is 1.30 bits per heavy atom. The number of carbonyl (C=O) groups excluding carboxylic acids is 2. The molecule has 182 valence electrons. The van der Waals surface area contributed by atoms with Gasteiger partial charge in [-0.25, -0.2) is 4.79 Å². The smallest absolute Gasteiger partial charge is 0.410 e. The van der Waals surface area contributed by atoms with E-state index < -0.39 is 11.6 Å². The van der Waals surface area contributed by atoms with Gasteiger partial charge in [0.2, 0.25) is 5.91 Å². The van der Waals surface area contributed by atoms with Crippen molar-refractivity contribution in [3.05, 3.63) is 29.8 Å². The van der Waals surface area contributed by atoms with E-state index in [1.165, 1.54) is 0 Å². The molecule has 0 aromatic heterocycles. The number of hydrogen-bond donors (Lipinski definition) is 2. The minimum atomic E-state index is -0.674. The molecule has 0 unspecified atom stereocenters. The van der Waals surface area contributed by atoms with Gasteiger partial charge in [0.1, 0.15) is 19.0 Å². The number of phenolic OH excluding ortho intramolecular Hbond substituents is 1. The summed E-state index contributed by atoms with van der Waals surface area (Å²) in [6.07, 6.45) is 4.87. The molecular formula is C24H33ClN2O6. The lowest BCUT2D eigenvalue weighted by Gasteiger charge is -2.51. The highest BCUT2D eigenvalue weighted by molar-refractivity contribution is 6.18. The van der Waals surface area contributed by atoms with Gasteiger partial charge in [-0.3, -0.25) is 4.79 Å². The Bertz CT molecular complexity index is 827. The van der Waals surface area contributed by atoms with E-state index in [9.17, 15) is 14.7 Å². The lowest BCUT2D eigenvalue weighted by Crippen LogP contribution is -2.72. The number of ether oxygens (including phenoxy) is 3. The Hall–Kier alpha value is -2.03. The topological polar surface area (TPSA) is 97.3 Å². The van der Waals surface area contributed by atoms with Crippen LogP contribution in [0.4, 0.5) is 4.79 Å². The van der Waals surface area contributed by atoms with Crippen LogP contribution in [0.25, 0.3) is 0 Å². The largest absolute Gasteiger partial charge is 0.508 e. The maximum Gasteiger partial charge on any atom is 0.410 e. The van der Waals surface area contributed by atoms with E-state index in [2.05, 4.69) is 11.4 Å². The SMILES string of the molecule is O=C1COC[C@@]2(CCCN(C(=O)OCCCl)[C@H]2COC2CCC(c3cccc(O)c3)CC2)N1. The Labute approximate surface area is 199 Å². The van der Waals surface area contributed by atoms with Crippen molar-refractivity contribution in [1.29, 1.82) is 0 Å². The number of nitrogens with zero attached hydrogens (tertiary/aromatic N) is 1. The molecule has 4 rings (SSSR count). The van der Waals surface area contributed by atoms with Crippen LogP contribution < -0.4 is 5.32 Å². The van der Waals surface area contributed by atoms with Crippen LogP contribution in [0.2, 0.25) is 0 Å². The molecule has 0 radical (unpaired) electrons. The number of piperidine rings is 1. The fourth-order valence-corrected chi connectivity index (χ4v) is 5.50. The van der Waals surface area contributed by atoms with Crippen molar-refractivity contribution in [2.24, 2.45) is 0 Å². The van der Waals surface area contributed by atoms with Gasteiger partial charge in [0.25, 0.3) is 0 Å². The lowest BCUT2D eigenvalue weighted by molar-refractivity contribution is -0.144. The monoisotopic (exact) mass is 480 g/mol. The van der Waals surface area contributed by atoms with Gasteiger partial charge in [0.15, 0.2) is 0 Å². The summed E-state index contributed by atoms with van der Waals surface area (Å²) in [7, 11) is 0. The molecule has 2 saturated heterocycles. The van der Waals surface area contributed by atoms with E-state index in [0.717, 1.165) is 44.1 Å². The van der Waals surface area contributed by atoms with Crippen molar-refractivity contribution in [3.8, 4) is 5.75 Å². The Morgan fingerprint density at radius 2 is 2.12 bits per heavy atom. The van der Waals surface area contributed by atoms with E-state index in [4.69, 9.17) is 25.8 Å². The molecule has 2 amide bonds. The van der Waals surface area contributed by atoms with Gasteiger partial charge in [-0.1, -0.05) is 12.1 Å². The summed E-state index contributed by atoms with van der Waals surface area (Å²) in [5, 5.41) is 12.9. The highest BCUT2D eigenvalue weighted by atomic mass is 35.5. The molecule has 2 heterocycles. The van der Waals surface area contributed by atoms with E-state index in [1.54, 1.807) is 11.0 Å². The van der Waals surface area contributed by atoms with Gasteiger partial charge in [0, 0.05) is 6.54 Å². The number of rotatable bonds is 6.